The van der Waals surface area contributed by atoms with Gasteiger partial charge in [-0.2, -0.15) is 5.26 Å². The number of nitrogens with one attached hydrogen (secondary N) is 1. The fraction of sp³-hybridized carbons (Fsp3) is 0.375. The van der Waals surface area contributed by atoms with E-state index in [0.717, 1.165) is 6.42 Å². The summed E-state index contributed by atoms with van der Waals surface area (Å²) in [5, 5.41) is 8.69. The lowest BCUT2D eigenvalue weighted by Crippen LogP contribution is -2.32. The molecule has 1 N–H and O–H groups in total. The minimum Gasteiger partial charge on any atom is -0.296 e. The number of hydrogen-bond donors (Lipinski definition) is 1. The maximum atomic E-state index is 11.2. The molecule has 2 rings (SSSR count). The van der Waals surface area contributed by atoms with E-state index in [1.807, 2.05) is 6.07 Å². The molecule has 0 spiro atoms. The third-order valence-corrected chi connectivity index (χ3v) is 2.21. The SMILES string of the molecule is N#Cc1c2n(c(=O)[nH]c1=O)CCC2. The zero-order valence-electron chi connectivity index (χ0n) is 6.83. The predicted octanol–water partition coefficient (Wildman–Crippen LogP) is -0.646. The van der Waals surface area contributed by atoms with Crippen LogP contribution in [0.2, 0.25) is 0 Å². The second kappa shape index (κ2) is 2.59. The molecule has 5 nitrogen and oxygen atoms in total. The van der Waals surface area contributed by atoms with Crippen LogP contribution in [-0.2, 0) is 13.0 Å². The molecule has 1 aromatic heterocycles. The van der Waals surface area contributed by atoms with Crippen molar-refractivity contribution in [3.63, 3.8) is 0 Å². The number of hydrogen-bond acceptors (Lipinski definition) is 3. The van der Waals surface area contributed by atoms with E-state index in [1.54, 1.807) is 0 Å². The summed E-state index contributed by atoms with van der Waals surface area (Å²) in [6, 6.07) is 1.82. The number of fused-ring (bicyclic) bond motifs is 1. The number of rotatable bonds is 0. The molecule has 0 saturated carbocycles. The molecule has 0 saturated heterocycles. The summed E-state index contributed by atoms with van der Waals surface area (Å²) in [5.41, 5.74) is -0.314. The van der Waals surface area contributed by atoms with Crippen LogP contribution >= 0.6 is 0 Å². The number of aromatic nitrogens is 2. The molecule has 0 bridgehead atoms. The molecule has 1 aliphatic rings. The van der Waals surface area contributed by atoms with E-state index in [1.165, 1.54) is 4.57 Å². The molecule has 0 unspecified atom stereocenters. The van der Waals surface area contributed by atoms with Crippen LogP contribution < -0.4 is 11.2 Å². The van der Waals surface area contributed by atoms with Crippen molar-refractivity contribution in [2.75, 3.05) is 0 Å². The normalized spacial score (nSPS) is 13.8. The second-order valence-corrected chi connectivity index (χ2v) is 2.95. The fourth-order valence-corrected chi connectivity index (χ4v) is 1.63. The number of H-pyrrole nitrogens is 1. The van der Waals surface area contributed by atoms with Crippen molar-refractivity contribution < 1.29 is 0 Å². The maximum Gasteiger partial charge on any atom is 0.328 e. The Morgan fingerprint density at radius 2 is 2.23 bits per heavy atom. The van der Waals surface area contributed by atoms with Crippen LogP contribution in [0.3, 0.4) is 0 Å². The smallest absolute Gasteiger partial charge is 0.296 e. The summed E-state index contributed by atoms with van der Waals surface area (Å²) < 4.78 is 1.46. The number of aromatic amines is 1. The first-order valence-corrected chi connectivity index (χ1v) is 4.00. The third kappa shape index (κ3) is 0.991. The van der Waals surface area contributed by atoms with Gasteiger partial charge in [-0.1, -0.05) is 0 Å². The average Bonchev–Trinajstić information content (AvgIpc) is 2.53. The number of nitriles is 1. The Balaban J connectivity index is 2.90. The van der Waals surface area contributed by atoms with Crippen LogP contribution in [0.5, 0.6) is 0 Å². The summed E-state index contributed by atoms with van der Waals surface area (Å²) in [6.07, 6.45) is 1.46. The molecule has 0 atom stereocenters. The molecular formula is C8H7N3O2. The van der Waals surface area contributed by atoms with Gasteiger partial charge in [-0.05, 0) is 12.8 Å². The molecule has 2 heterocycles. The Morgan fingerprint density at radius 3 is 2.92 bits per heavy atom. The minimum atomic E-state index is -0.569. The molecule has 0 aromatic carbocycles. The van der Waals surface area contributed by atoms with E-state index in [9.17, 15) is 9.59 Å². The first-order chi connectivity index (χ1) is 6.24. The largest absolute Gasteiger partial charge is 0.328 e. The molecule has 1 aliphatic heterocycles. The molecule has 0 radical (unpaired) electrons. The van der Waals surface area contributed by atoms with Crippen molar-refractivity contribution >= 4 is 0 Å². The lowest BCUT2D eigenvalue weighted by atomic mass is 10.2. The average molecular weight is 177 g/mol. The molecule has 0 fully saturated rings. The molecule has 0 aliphatic carbocycles. The zero-order chi connectivity index (χ0) is 9.42. The predicted molar refractivity (Wildman–Crippen MR) is 44.4 cm³/mol. The van der Waals surface area contributed by atoms with Crippen LogP contribution in [-0.4, -0.2) is 9.55 Å². The van der Waals surface area contributed by atoms with Crippen LogP contribution in [0, 0.1) is 11.3 Å². The lowest BCUT2D eigenvalue weighted by Gasteiger charge is -2.01. The Labute approximate surface area is 73.3 Å². The van der Waals surface area contributed by atoms with Crippen molar-refractivity contribution in [3.05, 3.63) is 32.1 Å². The second-order valence-electron chi connectivity index (χ2n) is 2.95. The standard InChI is InChI=1S/C8H7N3O2/c9-4-5-6-2-1-3-11(6)8(13)10-7(5)12/h1-3H2,(H,10,12,13). The molecule has 13 heavy (non-hydrogen) atoms. The third-order valence-electron chi connectivity index (χ3n) is 2.21. The van der Waals surface area contributed by atoms with E-state index in [0.29, 0.717) is 18.7 Å². The summed E-state index contributed by atoms with van der Waals surface area (Å²) in [4.78, 5) is 24.5. The first-order valence-electron chi connectivity index (χ1n) is 4.00. The highest BCUT2D eigenvalue weighted by Gasteiger charge is 2.18. The van der Waals surface area contributed by atoms with Gasteiger partial charge in [0.2, 0.25) is 0 Å². The minimum absolute atomic E-state index is 0.0806. The van der Waals surface area contributed by atoms with E-state index in [2.05, 4.69) is 4.98 Å². The van der Waals surface area contributed by atoms with Gasteiger partial charge in [0.05, 0.1) is 0 Å². The number of nitrogens with zero attached hydrogens (tertiary/aromatic N) is 2. The van der Waals surface area contributed by atoms with Crippen molar-refractivity contribution in [2.45, 2.75) is 19.4 Å². The van der Waals surface area contributed by atoms with E-state index in [4.69, 9.17) is 5.26 Å². The Hall–Kier alpha value is -1.83. The van der Waals surface area contributed by atoms with E-state index < -0.39 is 11.2 Å². The van der Waals surface area contributed by atoms with Crippen LogP contribution in [0.15, 0.2) is 9.59 Å². The summed E-state index contributed by atoms with van der Waals surface area (Å²) in [6.45, 7) is 0.597. The Kier molecular flexibility index (Phi) is 1.55. The highest BCUT2D eigenvalue weighted by atomic mass is 16.2. The van der Waals surface area contributed by atoms with Gasteiger partial charge in [0.25, 0.3) is 5.56 Å². The van der Waals surface area contributed by atoms with E-state index in [-0.39, 0.29) is 5.56 Å². The van der Waals surface area contributed by atoms with Crippen molar-refractivity contribution in [1.29, 1.82) is 5.26 Å². The highest BCUT2D eigenvalue weighted by Crippen LogP contribution is 2.11. The fourth-order valence-electron chi connectivity index (χ4n) is 1.63. The van der Waals surface area contributed by atoms with Crippen molar-refractivity contribution in [1.82, 2.24) is 9.55 Å². The monoisotopic (exact) mass is 177 g/mol. The van der Waals surface area contributed by atoms with Crippen LogP contribution in [0.1, 0.15) is 17.7 Å². The van der Waals surface area contributed by atoms with Gasteiger partial charge in [-0.25, -0.2) is 4.79 Å². The maximum absolute atomic E-state index is 11.2. The first kappa shape index (κ1) is 7.80. The molecule has 5 heteroatoms. The van der Waals surface area contributed by atoms with Gasteiger partial charge >= 0.3 is 5.69 Å². The molecule has 1 aromatic rings. The molecular weight excluding hydrogens is 170 g/mol. The summed E-state index contributed by atoms with van der Waals surface area (Å²) in [7, 11) is 0. The summed E-state index contributed by atoms with van der Waals surface area (Å²) >= 11 is 0. The van der Waals surface area contributed by atoms with Crippen molar-refractivity contribution in [2.24, 2.45) is 0 Å². The van der Waals surface area contributed by atoms with Gasteiger partial charge in [-0.15, -0.1) is 0 Å². The van der Waals surface area contributed by atoms with Gasteiger partial charge in [-0.3, -0.25) is 14.3 Å². The van der Waals surface area contributed by atoms with E-state index >= 15 is 0 Å². The highest BCUT2D eigenvalue weighted by molar-refractivity contribution is 5.32. The van der Waals surface area contributed by atoms with Crippen LogP contribution in [0.25, 0.3) is 0 Å². The molecule has 0 amide bonds. The quantitative estimate of drug-likeness (QED) is 0.572. The van der Waals surface area contributed by atoms with Gasteiger partial charge in [0, 0.05) is 12.2 Å². The van der Waals surface area contributed by atoms with Gasteiger partial charge in [0.1, 0.15) is 11.6 Å². The van der Waals surface area contributed by atoms with Gasteiger partial charge < -0.3 is 0 Å². The zero-order valence-corrected chi connectivity index (χ0v) is 6.83. The van der Waals surface area contributed by atoms with Crippen molar-refractivity contribution in [3.8, 4) is 6.07 Å². The summed E-state index contributed by atoms with van der Waals surface area (Å²) in [5.74, 6) is 0. The van der Waals surface area contributed by atoms with Gasteiger partial charge in [0.15, 0.2) is 0 Å². The topological polar surface area (TPSA) is 78.7 Å². The van der Waals surface area contributed by atoms with Crippen LogP contribution in [0.4, 0.5) is 0 Å². The Morgan fingerprint density at radius 1 is 1.46 bits per heavy atom. The lowest BCUT2D eigenvalue weighted by molar-refractivity contribution is 0.692. The molecule has 66 valence electrons. The Bertz CT molecular complexity index is 504.